The highest BCUT2D eigenvalue weighted by Gasteiger charge is 2.00. The van der Waals surface area contributed by atoms with Gasteiger partial charge >= 0.3 is 5.97 Å². The Morgan fingerprint density at radius 1 is 1.05 bits per heavy atom. The van der Waals surface area contributed by atoms with Crippen molar-refractivity contribution in [2.45, 2.75) is 0 Å². The molecule has 0 radical (unpaired) electrons. The molecule has 0 fully saturated rings. The zero-order valence-corrected chi connectivity index (χ0v) is 9.85. The molecule has 0 saturated heterocycles. The molecule has 1 aromatic heterocycles. The number of phenols is 1. The normalized spacial score (nSPS) is 9.05. The van der Waals surface area contributed by atoms with Gasteiger partial charge in [0.2, 0.25) is 5.91 Å². The molecule has 6 nitrogen and oxygen atoms in total. The number of phenolic OH excluding ortho intramolecular Hbond substituents is 1. The standard InChI is InChI=1S/C7H6O3.C6H6N2O/c8-6-3-1-2-5(4-6)7(9)10;7-6(9)5-1-3-8-4-2-5/h1-4,8H,(H,9,10);1-4H,(H2,7,9). The topological polar surface area (TPSA) is 114 Å². The highest BCUT2D eigenvalue weighted by atomic mass is 16.4. The van der Waals surface area contributed by atoms with Crippen molar-refractivity contribution in [1.82, 2.24) is 4.98 Å². The van der Waals surface area contributed by atoms with Crippen LogP contribution < -0.4 is 5.73 Å². The molecule has 19 heavy (non-hydrogen) atoms. The van der Waals surface area contributed by atoms with Crippen LogP contribution in [0, 0.1) is 0 Å². The Hall–Kier alpha value is -2.89. The van der Waals surface area contributed by atoms with E-state index in [0.717, 1.165) is 0 Å². The molecule has 0 bridgehead atoms. The molecule has 0 atom stereocenters. The molecule has 0 aliphatic heterocycles. The number of nitrogens with two attached hydrogens (primary N) is 1. The summed E-state index contributed by atoms with van der Waals surface area (Å²) in [5.74, 6) is -1.48. The van der Waals surface area contributed by atoms with Crippen LogP contribution in [0.2, 0.25) is 0 Å². The smallest absolute Gasteiger partial charge is 0.335 e. The maximum atomic E-state index is 10.4. The number of hydrogen-bond acceptors (Lipinski definition) is 4. The van der Waals surface area contributed by atoms with Gasteiger partial charge in [0.15, 0.2) is 0 Å². The number of carboxylic acid groups (broad SMARTS) is 1. The van der Waals surface area contributed by atoms with E-state index in [-0.39, 0.29) is 11.3 Å². The fourth-order valence-corrected chi connectivity index (χ4v) is 1.16. The Morgan fingerprint density at radius 2 is 1.68 bits per heavy atom. The number of aromatic nitrogens is 1. The van der Waals surface area contributed by atoms with Gasteiger partial charge in [0.05, 0.1) is 5.56 Å². The maximum Gasteiger partial charge on any atom is 0.335 e. The van der Waals surface area contributed by atoms with E-state index in [0.29, 0.717) is 5.56 Å². The van der Waals surface area contributed by atoms with Crippen LogP contribution in [0.4, 0.5) is 0 Å². The number of aromatic hydroxyl groups is 1. The number of carbonyl (C=O) groups is 2. The van der Waals surface area contributed by atoms with Crippen LogP contribution in [0.15, 0.2) is 48.8 Å². The number of carboxylic acids is 1. The molecular formula is C13H12N2O4. The summed E-state index contributed by atoms with van der Waals surface area (Å²) < 4.78 is 0. The van der Waals surface area contributed by atoms with Crippen molar-refractivity contribution in [3.05, 3.63) is 59.9 Å². The summed E-state index contributed by atoms with van der Waals surface area (Å²) in [7, 11) is 0. The van der Waals surface area contributed by atoms with Crippen LogP contribution in [0.3, 0.4) is 0 Å². The number of benzene rings is 1. The van der Waals surface area contributed by atoms with Gasteiger partial charge in [-0.3, -0.25) is 9.78 Å². The molecule has 0 aliphatic rings. The Kier molecular flexibility index (Phi) is 5.04. The molecule has 98 valence electrons. The molecule has 1 amide bonds. The molecule has 2 rings (SSSR count). The van der Waals surface area contributed by atoms with Crippen molar-refractivity contribution >= 4 is 11.9 Å². The van der Waals surface area contributed by atoms with Gasteiger partial charge in [0.25, 0.3) is 0 Å². The lowest BCUT2D eigenvalue weighted by Gasteiger charge is -1.92. The number of pyridine rings is 1. The third kappa shape index (κ3) is 4.86. The van der Waals surface area contributed by atoms with Gasteiger partial charge in [0.1, 0.15) is 5.75 Å². The number of rotatable bonds is 2. The molecule has 1 aromatic carbocycles. The van der Waals surface area contributed by atoms with E-state index < -0.39 is 11.9 Å². The molecule has 0 spiro atoms. The minimum atomic E-state index is -1.03. The van der Waals surface area contributed by atoms with E-state index in [1.807, 2.05) is 0 Å². The molecule has 0 saturated carbocycles. The first-order valence-electron chi connectivity index (χ1n) is 5.23. The Balaban J connectivity index is 0.000000191. The average Bonchev–Trinajstić information content (AvgIpc) is 2.40. The Labute approximate surface area is 109 Å². The van der Waals surface area contributed by atoms with Crippen LogP contribution in [-0.4, -0.2) is 27.1 Å². The molecule has 2 aromatic rings. The maximum absolute atomic E-state index is 10.4. The number of aromatic carboxylic acids is 1. The minimum Gasteiger partial charge on any atom is -0.508 e. The highest BCUT2D eigenvalue weighted by molar-refractivity contribution is 5.92. The van der Waals surface area contributed by atoms with Crippen molar-refractivity contribution in [3.63, 3.8) is 0 Å². The summed E-state index contributed by atoms with van der Waals surface area (Å²) in [4.78, 5) is 24.4. The largest absolute Gasteiger partial charge is 0.508 e. The molecule has 6 heteroatoms. The van der Waals surface area contributed by atoms with Crippen molar-refractivity contribution in [2.24, 2.45) is 5.73 Å². The van der Waals surface area contributed by atoms with Gasteiger partial charge in [-0.2, -0.15) is 0 Å². The van der Waals surface area contributed by atoms with Crippen molar-refractivity contribution in [1.29, 1.82) is 0 Å². The van der Waals surface area contributed by atoms with Gasteiger partial charge in [0, 0.05) is 18.0 Å². The lowest BCUT2D eigenvalue weighted by Crippen LogP contribution is -2.10. The second kappa shape index (κ2) is 6.75. The minimum absolute atomic E-state index is 0.0279. The number of nitrogens with zero attached hydrogens (tertiary/aromatic N) is 1. The third-order valence-corrected chi connectivity index (χ3v) is 2.06. The fraction of sp³-hybridized carbons (Fsp3) is 0. The average molecular weight is 260 g/mol. The second-order valence-corrected chi connectivity index (χ2v) is 3.46. The van der Waals surface area contributed by atoms with Crippen molar-refractivity contribution < 1.29 is 19.8 Å². The van der Waals surface area contributed by atoms with Gasteiger partial charge in [-0.25, -0.2) is 4.79 Å². The SMILES string of the molecule is NC(=O)c1ccncc1.O=C(O)c1cccc(O)c1. The lowest BCUT2D eigenvalue weighted by atomic mass is 10.2. The van der Waals surface area contributed by atoms with E-state index in [1.54, 1.807) is 12.1 Å². The zero-order chi connectivity index (χ0) is 14.3. The van der Waals surface area contributed by atoms with Gasteiger partial charge in [-0.05, 0) is 30.3 Å². The number of carbonyl (C=O) groups excluding carboxylic acids is 1. The number of hydrogen-bond donors (Lipinski definition) is 3. The lowest BCUT2D eigenvalue weighted by molar-refractivity contribution is 0.0696. The summed E-state index contributed by atoms with van der Waals surface area (Å²) in [6, 6.07) is 8.67. The van der Waals surface area contributed by atoms with Gasteiger partial charge < -0.3 is 15.9 Å². The number of primary amides is 1. The zero-order valence-electron chi connectivity index (χ0n) is 9.85. The Morgan fingerprint density at radius 3 is 2.05 bits per heavy atom. The summed E-state index contributed by atoms with van der Waals surface area (Å²) in [6.45, 7) is 0. The van der Waals surface area contributed by atoms with E-state index in [4.69, 9.17) is 15.9 Å². The quantitative estimate of drug-likeness (QED) is 0.752. The summed E-state index contributed by atoms with van der Waals surface area (Å²) in [5, 5.41) is 17.2. The van der Waals surface area contributed by atoms with E-state index >= 15 is 0 Å². The molecular weight excluding hydrogens is 248 g/mol. The van der Waals surface area contributed by atoms with Crippen molar-refractivity contribution in [2.75, 3.05) is 0 Å². The monoisotopic (exact) mass is 260 g/mol. The molecule has 0 unspecified atom stereocenters. The van der Waals surface area contributed by atoms with Gasteiger partial charge in [-0.1, -0.05) is 6.07 Å². The summed E-state index contributed by atoms with van der Waals surface area (Å²) in [5.41, 5.74) is 5.54. The van der Waals surface area contributed by atoms with Crippen LogP contribution >= 0.6 is 0 Å². The second-order valence-electron chi connectivity index (χ2n) is 3.46. The third-order valence-electron chi connectivity index (χ3n) is 2.06. The first kappa shape index (κ1) is 14.2. The molecule has 0 aliphatic carbocycles. The van der Waals surface area contributed by atoms with Crippen LogP contribution in [0.5, 0.6) is 5.75 Å². The first-order chi connectivity index (χ1) is 9.00. The van der Waals surface area contributed by atoms with Crippen LogP contribution in [-0.2, 0) is 0 Å². The summed E-state index contributed by atoms with van der Waals surface area (Å²) in [6.07, 6.45) is 3.06. The molecule has 1 heterocycles. The van der Waals surface area contributed by atoms with Crippen LogP contribution in [0.1, 0.15) is 20.7 Å². The first-order valence-corrected chi connectivity index (χ1v) is 5.23. The number of amides is 1. The van der Waals surface area contributed by atoms with Crippen LogP contribution in [0.25, 0.3) is 0 Å². The van der Waals surface area contributed by atoms with E-state index in [1.165, 1.54) is 36.7 Å². The molecule has 4 N–H and O–H groups in total. The van der Waals surface area contributed by atoms with E-state index in [9.17, 15) is 9.59 Å². The Bertz CT molecular complexity index is 570. The predicted molar refractivity (Wildman–Crippen MR) is 67.8 cm³/mol. The summed E-state index contributed by atoms with van der Waals surface area (Å²) >= 11 is 0. The van der Waals surface area contributed by atoms with Crippen molar-refractivity contribution in [3.8, 4) is 5.75 Å². The predicted octanol–water partition coefficient (Wildman–Crippen LogP) is 1.27. The highest BCUT2D eigenvalue weighted by Crippen LogP contribution is 2.09. The van der Waals surface area contributed by atoms with Gasteiger partial charge in [-0.15, -0.1) is 0 Å². The van der Waals surface area contributed by atoms with E-state index in [2.05, 4.69) is 4.98 Å². The fourth-order valence-electron chi connectivity index (χ4n) is 1.16.